The van der Waals surface area contributed by atoms with Crippen LogP contribution in [0.25, 0.3) is 11.4 Å². The molecule has 0 aliphatic heterocycles. The summed E-state index contributed by atoms with van der Waals surface area (Å²) >= 11 is 0. The third-order valence-electron chi connectivity index (χ3n) is 5.15. The number of aromatic nitrogens is 2. The van der Waals surface area contributed by atoms with Gasteiger partial charge in [0.2, 0.25) is 17.6 Å². The van der Waals surface area contributed by atoms with Crippen molar-refractivity contribution in [1.29, 1.82) is 0 Å². The van der Waals surface area contributed by atoms with E-state index in [0.29, 0.717) is 29.6 Å². The highest BCUT2D eigenvalue weighted by molar-refractivity contribution is 5.77. The number of benzene rings is 2. The fourth-order valence-corrected chi connectivity index (χ4v) is 3.40. The maximum atomic E-state index is 13.0. The number of hydrogen-bond donors (Lipinski definition) is 1. The molecule has 1 saturated carbocycles. The van der Waals surface area contributed by atoms with Gasteiger partial charge in [0.15, 0.2) is 0 Å². The third-order valence-corrected chi connectivity index (χ3v) is 5.15. The molecular weight excluding hydrogens is 373 g/mol. The third kappa shape index (κ3) is 4.80. The van der Waals surface area contributed by atoms with E-state index in [0.717, 1.165) is 24.2 Å². The summed E-state index contributed by atoms with van der Waals surface area (Å²) < 4.78 is 23.4. The molecule has 3 aromatic rings. The highest BCUT2D eigenvalue weighted by atomic mass is 19.1. The molecule has 7 heteroatoms. The molecule has 6 nitrogen and oxygen atoms in total. The summed E-state index contributed by atoms with van der Waals surface area (Å²) in [5.74, 6) is 1.83. The number of methoxy groups -OCH3 is 1. The second-order valence-electron chi connectivity index (χ2n) is 7.22. The van der Waals surface area contributed by atoms with E-state index in [-0.39, 0.29) is 24.2 Å². The van der Waals surface area contributed by atoms with Crippen LogP contribution in [0.2, 0.25) is 0 Å². The van der Waals surface area contributed by atoms with Crippen LogP contribution in [-0.2, 0) is 11.3 Å². The molecule has 0 saturated heterocycles. The van der Waals surface area contributed by atoms with Gasteiger partial charge in [-0.15, -0.1) is 0 Å². The smallest absolute Gasteiger partial charge is 0.246 e. The minimum atomic E-state index is -0.327. The quantitative estimate of drug-likeness (QED) is 0.622. The Labute approximate surface area is 168 Å². The molecule has 1 fully saturated rings. The average molecular weight is 395 g/mol. The molecule has 1 N–H and O–H groups in total. The van der Waals surface area contributed by atoms with E-state index in [1.807, 2.05) is 24.3 Å². The van der Waals surface area contributed by atoms with Crippen molar-refractivity contribution in [3.8, 4) is 17.1 Å². The molecule has 1 unspecified atom stereocenters. The Balaban J connectivity index is 1.34. The molecule has 29 heavy (non-hydrogen) atoms. The van der Waals surface area contributed by atoms with E-state index in [9.17, 15) is 9.18 Å². The first-order chi connectivity index (χ1) is 14.1. The van der Waals surface area contributed by atoms with Crippen LogP contribution in [0.5, 0.6) is 5.75 Å². The highest BCUT2D eigenvalue weighted by Gasteiger charge is 2.33. The van der Waals surface area contributed by atoms with Crippen molar-refractivity contribution in [1.82, 2.24) is 15.5 Å². The van der Waals surface area contributed by atoms with Crippen molar-refractivity contribution in [2.75, 3.05) is 7.11 Å². The van der Waals surface area contributed by atoms with E-state index < -0.39 is 0 Å². The summed E-state index contributed by atoms with van der Waals surface area (Å²) in [6, 6.07) is 13.8. The van der Waals surface area contributed by atoms with E-state index in [1.165, 1.54) is 12.1 Å². The number of carbonyl (C=O) groups is 1. The van der Waals surface area contributed by atoms with Crippen molar-refractivity contribution in [3.05, 3.63) is 65.8 Å². The van der Waals surface area contributed by atoms with Crippen LogP contribution in [0.4, 0.5) is 4.39 Å². The van der Waals surface area contributed by atoms with Gasteiger partial charge in [-0.25, -0.2) is 4.39 Å². The molecule has 1 aromatic heterocycles. The fraction of sp³-hybridized carbons (Fsp3) is 0.318. The van der Waals surface area contributed by atoms with Gasteiger partial charge < -0.3 is 14.6 Å². The lowest BCUT2D eigenvalue weighted by Gasteiger charge is -2.16. The monoisotopic (exact) mass is 395 g/mol. The number of nitrogens with zero attached hydrogens (tertiary/aromatic N) is 2. The van der Waals surface area contributed by atoms with Gasteiger partial charge in [0.05, 0.1) is 13.7 Å². The van der Waals surface area contributed by atoms with Gasteiger partial charge in [0, 0.05) is 12.0 Å². The Morgan fingerprint density at radius 2 is 1.93 bits per heavy atom. The Hall–Kier alpha value is -3.22. The second kappa shape index (κ2) is 8.43. The van der Waals surface area contributed by atoms with Crippen LogP contribution in [0, 0.1) is 11.7 Å². The fourth-order valence-electron chi connectivity index (χ4n) is 3.40. The minimum Gasteiger partial charge on any atom is -0.497 e. The topological polar surface area (TPSA) is 77.2 Å². The summed E-state index contributed by atoms with van der Waals surface area (Å²) in [6.45, 7) is 0.160. The number of halogens is 1. The largest absolute Gasteiger partial charge is 0.497 e. The maximum Gasteiger partial charge on any atom is 0.246 e. The van der Waals surface area contributed by atoms with Crippen molar-refractivity contribution < 1.29 is 18.4 Å². The van der Waals surface area contributed by atoms with Crippen LogP contribution in [-0.4, -0.2) is 23.2 Å². The van der Waals surface area contributed by atoms with Gasteiger partial charge in [0.25, 0.3) is 0 Å². The SMILES string of the molecule is COc1ccc(C(CC(=O)NCc2nc(-c3ccc(F)cc3)no2)C2CC2)cc1. The van der Waals surface area contributed by atoms with Crippen LogP contribution < -0.4 is 10.1 Å². The van der Waals surface area contributed by atoms with Crippen molar-refractivity contribution >= 4 is 5.91 Å². The van der Waals surface area contributed by atoms with Gasteiger partial charge in [0.1, 0.15) is 11.6 Å². The molecule has 150 valence electrons. The summed E-state index contributed by atoms with van der Waals surface area (Å²) in [5, 5.41) is 6.74. The highest BCUT2D eigenvalue weighted by Crippen LogP contribution is 2.44. The summed E-state index contributed by atoms with van der Waals surface area (Å²) in [6.07, 6.45) is 2.71. The van der Waals surface area contributed by atoms with E-state index >= 15 is 0 Å². The van der Waals surface area contributed by atoms with Gasteiger partial charge >= 0.3 is 0 Å². The molecule has 1 heterocycles. The Kier molecular flexibility index (Phi) is 5.55. The molecule has 2 aromatic carbocycles. The van der Waals surface area contributed by atoms with Gasteiger partial charge in [-0.1, -0.05) is 17.3 Å². The molecule has 0 bridgehead atoms. The van der Waals surface area contributed by atoms with Crippen molar-refractivity contribution in [3.63, 3.8) is 0 Å². The molecule has 1 aliphatic rings. The lowest BCUT2D eigenvalue weighted by atomic mass is 9.90. The minimum absolute atomic E-state index is 0.0562. The molecule has 0 spiro atoms. The van der Waals surface area contributed by atoms with Crippen LogP contribution in [0.3, 0.4) is 0 Å². The van der Waals surface area contributed by atoms with Crippen LogP contribution in [0.15, 0.2) is 53.1 Å². The van der Waals surface area contributed by atoms with Gasteiger partial charge in [-0.05, 0) is 66.6 Å². The van der Waals surface area contributed by atoms with Gasteiger partial charge in [-0.3, -0.25) is 4.79 Å². The average Bonchev–Trinajstić information content (AvgIpc) is 3.48. The summed E-state index contributed by atoms with van der Waals surface area (Å²) in [4.78, 5) is 16.8. The Morgan fingerprint density at radius 3 is 2.59 bits per heavy atom. The van der Waals surface area contributed by atoms with Crippen LogP contribution in [0.1, 0.15) is 36.6 Å². The number of rotatable bonds is 8. The first-order valence-corrected chi connectivity index (χ1v) is 9.61. The van der Waals surface area contributed by atoms with E-state index in [1.54, 1.807) is 19.2 Å². The number of nitrogens with one attached hydrogen (secondary N) is 1. The number of hydrogen-bond acceptors (Lipinski definition) is 5. The van der Waals surface area contributed by atoms with Crippen molar-refractivity contribution in [2.45, 2.75) is 31.7 Å². The summed E-state index contributed by atoms with van der Waals surface area (Å²) in [7, 11) is 1.64. The van der Waals surface area contributed by atoms with E-state index in [4.69, 9.17) is 9.26 Å². The molecule has 4 rings (SSSR count). The predicted octanol–water partition coefficient (Wildman–Crippen LogP) is 4.08. The second-order valence-corrected chi connectivity index (χ2v) is 7.22. The lowest BCUT2D eigenvalue weighted by molar-refractivity contribution is -0.121. The van der Waals surface area contributed by atoms with Crippen LogP contribution >= 0.6 is 0 Å². The lowest BCUT2D eigenvalue weighted by Crippen LogP contribution is -2.25. The van der Waals surface area contributed by atoms with E-state index in [2.05, 4.69) is 15.5 Å². The van der Waals surface area contributed by atoms with Crippen molar-refractivity contribution in [2.24, 2.45) is 5.92 Å². The summed E-state index contributed by atoms with van der Waals surface area (Å²) in [5.41, 5.74) is 1.81. The normalized spacial score (nSPS) is 14.4. The zero-order chi connectivity index (χ0) is 20.2. The zero-order valence-electron chi connectivity index (χ0n) is 16.1. The first-order valence-electron chi connectivity index (χ1n) is 9.61. The molecule has 1 atom stereocenters. The standard InChI is InChI=1S/C22H22FN3O3/c1-28-18-10-6-15(7-11-18)19(14-2-3-14)12-20(27)24-13-21-25-22(26-29-21)16-4-8-17(23)9-5-16/h4-11,14,19H,2-3,12-13H2,1H3,(H,24,27). The maximum absolute atomic E-state index is 13.0. The molecule has 0 radical (unpaired) electrons. The van der Waals surface area contributed by atoms with Gasteiger partial charge in [-0.2, -0.15) is 4.98 Å². The zero-order valence-corrected chi connectivity index (χ0v) is 16.1. The Bertz CT molecular complexity index is 966. The molecule has 1 amide bonds. The number of carbonyl (C=O) groups excluding carboxylic acids is 1. The molecular formula is C22H22FN3O3. The number of amides is 1. The molecule has 1 aliphatic carbocycles. The first kappa shape index (κ1) is 19.1. The predicted molar refractivity (Wildman–Crippen MR) is 105 cm³/mol. The number of ether oxygens (including phenoxy) is 1. The Morgan fingerprint density at radius 1 is 1.21 bits per heavy atom.